The molecule has 2 rings (SSSR count). The number of nitrogens with one attached hydrogen (secondary N) is 2. The number of carbonyl (C=O) groups excluding carboxylic acids is 1. The monoisotopic (exact) mass is 318 g/mol. The second-order valence-corrected chi connectivity index (χ2v) is 6.57. The van der Waals surface area contributed by atoms with Crippen molar-refractivity contribution in [3.63, 3.8) is 0 Å². The Bertz CT molecular complexity index is 771. The van der Waals surface area contributed by atoms with Gasteiger partial charge in [0.05, 0.1) is 4.90 Å². The van der Waals surface area contributed by atoms with Crippen LogP contribution in [0.15, 0.2) is 53.4 Å². The lowest BCUT2D eigenvalue weighted by Gasteiger charge is -2.11. The summed E-state index contributed by atoms with van der Waals surface area (Å²) in [6.07, 6.45) is 0. The smallest absolute Gasteiger partial charge is 0.255 e. The van der Waals surface area contributed by atoms with E-state index in [1.54, 1.807) is 50.2 Å². The number of aryl methyl sites for hydroxylation is 1. The zero-order chi connectivity index (χ0) is 16.2. The van der Waals surface area contributed by atoms with Crippen LogP contribution in [0.3, 0.4) is 0 Å². The van der Waals surface area contributed by atoms with Crippen LogP contribution < -0.4 is 10.0 Å². The molecule has 2 N–H and O–H groups in total. The van der Waals surface area contributed by atoms with Crippen LogP contribution >= 0.6 is 0 Å². The van der Waals surface area contributed by atoms with Crippen LogP contribution in [0.5, 0.6) is 0 Å². The summed E-state index contributed by atoms with van der Waals surface area (Å²) in [5, 5.41) is 2.78. The van der Waals surface area contributed by atoms with Gasteiger partial charge in [-0.3, -0.25) is 4.79 Å². The maximum Gasteiger partial charge on any atom is 0.255 e. The van der Waals surface area contributed by atoms with Crippen molar-refractivity contribution >= 4 is 21.6 Å². The Balaban J connectivity index is 2.22. The molecular formula is C16H18N2O3S. The van der Waals surface area contributed by atoms with Crippen molar-refractivity contribution in [1.82, 2.24) is 4.72 Å². The first-order chi connectivity index (χ1) is 10.4. The highest BCUT2D eigenvalue weighted by molar-refractivity contribution is 7.89. The Morgan fingerprint density at radius 2 is 1.77 bits per heavy atom. The predicted octanol–water partition coefficient (Wildman–Crippen LogP) is 2.55. The van der Waals surface area contributed by atoms with Gasteiger partial charge in [0, 0.05) is 17.8 Å². The van der Waals surface area contributed by atoms with Crippen molar-refractivity contribution < 1.29 is 13.2 Å². The maximum atomic E-state index is 12.1. The van der Waals surface area contributed by atoms with Gasteiger partial charge in [0.2, 0.25) is 10.0 Å². The van der Waals surface area contributed by atoms with E-state index < -0.39 is 10.0 Å². The number of sulfonamides is 1. The number of carbonyl (C=O) groups is 1. The van der Waals surface area contributed by atoms with Gasteiger partial charge in [0.1, 0.15) is 0 Å². The summed E-state index contributed by atoms with van der Waals surface area (Å²) < 4.78 is 26.3. The second-order valence-electron chi connectivity index (χ2n) is 4.80. The van der Waals surface area contributed by atoms with Gasteiger partial charge in [-0.2, -0.15) is 0 Å². The highest BCUT2D eigenvalue weighted by Crippen LogP contribution is 2.20. The van der Waals surface area contributed by atoms with E-state index in [9.17, 15) is 13.2 Å². The third-order valence-corrected chi connectivity index (χ3v) is 4.67. The lowest BCUT2D eigenvalue weighted by molar-refractivity contribution is 0.102. The Labute approximate surface area is 130 Å². The van der Waals surface area contributed by atoms with E-state index in [2.05, 4.69) is 10.0 Å². The van der Waals surface area contributed by atoms with Gasteiger partial charge in [-0.25, -0.2) is 13.1 Å². The molecule has 0 aromatic heterocycles. The lowest BCUT2D eigenvalue weighted by Crippen LogP contribution is -2.23. The number of hydrogen-bond donors (Lipinski definition) is 2. The molecule has 0 heterocycles. The van der Waals surface area contributed by atoms with Crippen LogP contribution in [0.25, 0.3) is 0 Å². The van der Waals surface area contributed by atoms with Crippen LogP contribution in [0.1, 0.15) is 22.8 Å². The van der Waals surface area contributed by atoms with E-state index >= 15 is 0 Å². The van der Waals surface area contributed by atoms with Gasteiger partial charge in [-0.1, -0.05) is 25.1 Å². The fourth-order valence-electron chi connectivity index (χ4n) is 2.00. The molecule has 0 fully saturated rings. The molecule has 0 atom stereocenters. The van der Waals surface area contributed by atoms with Gasteiger partial charge in [-0.05, 0) is 42.8 Å². The number of benzene rings is 2. The summed E-state index contributed by atoms with van der Waals surface area (Å²) in [4.78, 5) is 12.3. The third-order valence-electron chi connectivity index (χ3n) is 3.13. The van der Waals surface area contributed by atoms with E-state index in [1.807, 2.05) is 6.07 Å². The number of hydrogen-bond acceptors (Lipinski definition) is 3. The minimum Gasteiger partial charge on any atom is -0.322 e. The van der Waals surface area contributed by atoms with Crippen LogP contribution in [-0.4, -0.2) is 20.9 Å². The second kappa shape index (κ2) is 6.72. The predicted molar refractivity (Wildman–Crippen MR) is 86.4 cm³/mol. The fraction of sp³-hybridized carbons (Fsp3) is 0.188. The summed E-state index contributed by atoms with van der Waals surface area (Å²) in [5.74, 6) is -0.231. The molecule has 5 nitrogen and oxygen atoms in total. The van der Waals surface area contributed by atoms with Crippen molar-refractivity contribution in [3.8, 4) is 0 Å². The van der Waals surface area contributed by atoms with Crippen LogP contribution in [0.4, 0.5) is 5.69 Å². The topological polar surface area (TPSA) is 75.3 Å². The van der Waals surface area contributed by atoms with Gasteiger partial charge < -0.3 is 5.32 Å². The highest BCUT2D eigenvalue weighted by atomic mass is 32.2. The van der Waals surface area contributed by atoms with E-state index in [0.29, 0.717) is 23.4 Å². The summed E-state index contributed by atoms with van der Waals surface area (Å²) >= 11 is 0. The summed E-state index contributed by atoms with van der Waals surface area (Å²) in [5.41, 5.74) is 1.82. The molecule has 0 aliphatic rings. The Morgan fingerprint density at radius 3 is 2.36 bits per heavy atom. The van der Waals surface area contributed by atoms with E-state index in [-0.39, 0.29) is 10.8 Å². The standard InChI is InChI=1S/C16H18N2O3S/c1-3-17-22(20,21)14-9-10-15(12(2)11-14)18-16(19)13-7-5-4-6-8-13/h4-11,17H,3H2,1-2H3,(H,18,19). The van der Waals surface area contributed by atoms with Crippen molar-refractivity contribution in [2.45, 2.75) is 18.7 Å². The average molecular weight is 318 g/mol. The van der Waals surface area contributed by atoms with Gasteiger partial charge >= 0.3 is 0 Å². The molecule has 0 radical (unpaired) electrons. The Kier molecular flexibility index (Phi) is 4.95. The van der Waals surface area contributed by atoms with Crippen LogP contribution in [0, 0.1) is 6.92 Å². The quantitative estimate of drug-likeness (QED) is 0.889. The van der Waals surface area contributed by atoms with Gasteiger partial charge in [0.15, 0.2) is 0 Å². The molecule has 2 aromatic carbocycles. The fourth-order valence-corrected chi connectivity index (χ4v) is 3.13. The summed E-state index contributed by atoms with van der Waals surface area (Å²) in [7, 11) is -3.49. The van der Waals surface area contributed by atoms with E-state index in [4.69, 9.17) is 0 Å². The first-order valence-corrected chi connectivity index (χ1v) is 8.39. The van der Waals surface area contributed by atoms with Crippen LogP contribution in [-0.2, 0) is 10.0 Å². The number of anilines is 1. The SMILES string of the molecule is CCNS(=O)(=O)c1ccc(NC(=O)c2ccccc2)c(C)c1. The lowest BCUT2D eigenvalue weighted by atomic mass is 10.1. The first kappa shape index (κ1) is 16.2. The third kappa shape index (κ3) is 3.72. The van der Waals surface area contributed by atoms with Gasteiger partial charge in [0.25, 0.3) is 5.91 Å². The molecule has 0 saturated carbocycles. The van der Waals surface area contributed by atoms with E-state index in [1.165, 1.54) is 6.07 Å². The first-order valence-electron chi connectivity index (χ1n) is 6.91. The molecular weight excluding hydrogens is 300 g/mol. The van der Waals surface area contributed by atoms with Crippen LogP contribution in [0.2, 0.25) is 0 Å². The normalized spacial score (nSPS) is 11.2. The largest absolute Gasteiger partial charge is 0.322 e. The molecule has 116 valence electrons. The molecule has 6 heteroatoms. The Hall–Kier alpha value is -2.18. The zero-order valence-corrected chi connectivity index (χ0v) is 13.3. The number of amides is 1. The van der Waals surface area contributed by atoms with E-state index in [0.717, 1.165) is 0 Å². The Morgan fingerprint density at radius 1 is 1.09 bits per heavy atom. The molecule has 0 aliphatic carbocycles. The van der Waals surface area contributed by atoms with Crippen molar-refractivity contribution in [2.24, 2.45) is 0 Å². The molecule has 0 aliphatic heterocycles. The zero-order valence-electron chi connectivity index (χ0n) is 12.5. The molecule has 0 spiro atoms. The number of rotatable bonds is 5. The maximum absolute atomic E-state index is 12.1. The minimum atomic E-state index is -3.49. The highest BCUT2D eigenvalue weighted by Gasteiger charge is 2.14. The molecule has 2 aromatic rings. The van der Waals surface area contributed by atoms with Gasteiger partial charge in [-0.15, -0.1) is 0 Å². The average Bonchev–Trinajstić information content (AvgIpc) is 2.50. The molecule has 0 unspecified atom stereocenters. The molecule has 0 saturated heterocycles. The minimum absolute atomic E-state index is 0.185. The molecule has 0 bridgehead atoms. The summed E-state index contributed by atoms with van der Waals surface area (Å²) in [6, 6.07) is 13.5. The van der Waals surface area contributed by atoms with Crippen molar-refractivity contribution in [1.29, 1.82) is 0 Å². The van der Waals surface area contributed by atoms with Crippen molar-refractivity contribution in [2.75, 3.05) is 11.9 Å². The van der Waals surface area contributed by atoms with Crippen molar-refractivity contribution in [3.05, 3.63) is 59.7 Å². The molecule has 22 heavy (non-hydrogen) atoms. The molecule has 1 amide bonds. The summed E-state index contributed by atoms with van der Waals surface area (Å²) in [6.45, 7) is 3.80.